The second-order valence-electron chi connectivity index (χ2n) is 5.12. The number of nitrogens with zero attached hydrogens (tertiary/aromatic N) is 1. The number of hydrogen-bond donors (Lipinski definition) is 1. The zero-order valence-electron chi connectivity index (χ0n) is 12.7. The smallest absolute Gasteiger partial charge is 0.252 e. The molecule has 1 aromatic carbocycles. The van der Waals surface area contributed by atoms with Gasteiger partial charge in [-0.1, -0.05) is 10.3 Å². The van der Waals surface area contributed by atoms with Gasteiger partial charge in [-0.25, -0.2) is 0 Å². The quantitative estimate of drug-likeness (QED) is 0.878. The van der Waals surface area contributed by atoms with Gasteiger partial charge in [0.2, 0.25) is 0 Å². The average molecular weight is 306 g/mol. The average Bonchev–Trinajstić information content (AvgIpc) is 2.43. The highest BCUT2D eigenvalue weighted by Gasteiger charge is 2.35. The molecule has 2 rings (SSSR count). The fraction of sp³-hybridized carbons (Fsp3) is 0.312. The topological polar surface area (TPSA) is 59.4 Å². The molecule has 1 aromatic heterocycles. The minimum Gasteiger partial charge on any atom is -0.496 e. The van der Waals surface area contributed by atoms with Gasteiger partial charge in [0.1, 0.15) is 5.75 Å². The summed E-state index contributed by atoms with van der Waals surface area (Å²) in [5, 5.41) is 0. The van der Waals surface area contributed by atoms with Crippen LogP contribution in [0.15, 0.2) is 35.5 Å². The Bertz CT molecular complexity index is 698. The van der Waals surface area contributed by atoms with E-state index >= 15 is 0 Å². The van der Waals surface area contributed by atoms with Crippen molar-refractivity contribution in [3.8, 4) is 5.75 Å². The summed E-state index contributed by atoms with van der Waals surface area (Å²) in [5.41, 5.74) is 3.22. The predicted octanol–water partition coefficient (Wildman–Crippen LogP) is 3.55. The van der Waals surface area contributed by atoms with Crippen molar-refractivity contribution in [3.05, 3.63) is 52.8 Å². The summed E-state index contributed by atoms with van der Waals surface area (Å²) in [7, 11) is -1.56. The Kier molecular flexibility index (Phi) is 4.44. The predicted molar refractivity (Wildman–Crippen MR) is 84.1 cm³/mol. The van der Waals surface area contributed by atoms with Gasteiger partial charge < -0.3 is 4.74 Å². The number of hydrogen-bond acceptors (Lipinski definition) is 3. The van der Waals surface area contributed by atoms with E-state index in [-0.39, 0.29) is 5.75 Å². The van der Waals surface area contributed by atoms with Crippen LogP contribution in [-0.4, -0.2) is 16.6 Å². The molecule has 0 bridgehead atoms. The first kappa shape index (κ1) is 15.7. The largest absolute Gasteiger partial charge is 0.496 e. The highest BCUT2D eigenvalue weighted by molar-refractivity contribution is 7.97. The van der Waals surface area contributed by atoms with Crippen LogP contribution >= 0.6 is 0 Å². The molecule has 4 nitrogen and oxygen atoms in total. The van der Waals surface area contributed by atoms with Gasteiger partial charge in [0.15, 0.2) is 10.6 Å². The molecule has 0 aliphatic rings. The highest BCUT2D eigenvalue weighted by atomic mass is 32.3. The first-order valence-electron chi connectivity index (χ1n) is 6.65. The van der Waals surface area contributed by atoms with Crippen LogP contribution in [0.5, 0.6) is 5.75 Å². The number of benzene rings is 1. The molecule has 21 heavy (non-hydrogen) atoms. The molecule has 112 valence electrons. The molecular weight excluding hydrogens is 286 g/mol. The maximum absolute atomic E-state index is 12.8. The van der Waals surface area contributed by atoms with Gasteiger partial charge in [-0.05, 0) is 38.5 Å². The van der Waals surface area contributed by atoms with E-state index < -0.39 is 10.2 Å². The fourth-order valence-electron chi connectivity index (χ4n) is 2.51. The Hall–Kier alpha value is -1.72. The van der Waals surface area contributed by atoms with Crippen LogP contribution < -0.4 is 4.74 Å². The minimum absolute atomic E-state index is 0.0638. The first-order valence-corrected chi connectivity index (χ1v) is 8.33. The third-order valence-corrected chi connectivity index (χ3v) is 5.59. The second kappa shape index (κ2) is 5.95. The van der Waals surface area contributed by atoms with E-state index in [1.54, 1.807) is 25.6 Å². The lowest BCUT2D eigenvalue weighted by Crippen LogP contribution is -2.17. The summed E-state index contributed by atoms with van der Waals surface area (Å²) in [6.07, 6.45) is 3.27. The summed E-state index contributed by atoms with van der Waals surface area (Å²) >= 11 is 0. The van der Waals surface area contributed by atoms with Crippen LogP contribution in [0.4, 0.5) is 0 Å². The van der Waals surface area contributed by atoms with Crippen molar-refractivity contribution in [2.45, 2.75) is 31.4 Å². The maximum Gasteiger partial charge on any atom is 0.252 e. The van der Waals surface area contributed by atoms with Crippen LogP contribution in [-0.2, 0) is 20.2 Å². The lowest BCUT2D eigenvalue weighted by atomic mass is 10.1. The minimum atomic E-state index is -3.17. The maximum atomic E-state index is 12.8. The molecule has 2 aromatic rings. The molecular formula is C16H20NO3S+. The summed E-state index contributed by atoms with van der Waals surface area (Å²) < 4.78 is 28.7. The Morgan fingerprint density at radius 2 is 2.00 bits per heavy atom. The van der Waals surface area contributed by atoms with Crippen LogP contribution in [0.25, 0.3) is 0 Å². The lowest BCUT2D eigenvalue weighted by molar-refractivity contribution is 0.410. The van der Waals surface area contributed by atoms with Gasteiger partial charge in [0.25, 0.3) is 10.2 Å². The van der Waals surface area contributed by atoms with E-state index in [1.165, 1.54) is 0 Å². The number of rotatable bonds is 4. The van der Waals surface area contributed by atoms with E-state index in [0.29, 0.717) is 4.90 Å². The number of ether oxygens (including phenoxy) is 1. The number of pyridine rings is 1. The van der Waals surface area contributed by atoms with Crippen molar-refractivity contribution in [3.63, 3.8) is 0 Å². The molecule has 0 saturated carbocycles. The highest BCUT2D eigenvalue weighted by Crippen LogP contribution is 2.34. The molecule has 1 unspecified atom stereocenters. The van der Waals surface area contributed by atoms with Crippen molar-refractivity contribution in [2.75, 3.05) is 7.11 Å². The van der Waals surface area contributed by atoms with E-state index in [0.717, 1.165) is 28.0 Å². The van der Waals surface area contributed by atoms with Gasteiger partial charge in [-0.2, -0.15) is 4.55 Å². The monoisotopic (exact) mass is 306 g/mol. The summed E-state index contributed by atoms with van der Waals surface area (Å²) in [4.78, 5) is 4.50. The Morgan fingerprint density at radius 3 is 2.57 bits per heavy atom. The van der Waals surface area contributed by atoms with E-state index in [1.807, 2.05) is 32.9 Å². The molecule has 0 spiro atoms. The summed E-state index contributed by atoms with van der Waals surface area (Å²) in [6.45, 7) is 5.60. The normalized spacial score (nSPS) is 13.8. The molecule has 0 aliphatic carbocycles. The van der Waals surface area contributed by atoms with Gasteiger partial charge in [-0.3, -0.25) is 4.98 Å². The Morgan fingerprint density at radius 1 is 1.29 bits per heavy atom. The van der Waals surface area contributed by atoms with E-state index in [9.17, 15) is 8.76 Å². The van der Waals surface area contributed by atoms with Gasteiger partial charge in [-0.15, -0.1) is 0 Å². The van der Waals surface area contributed by atoms with E-state index in [4.69, 9.17) is 4.74 Å². The molecule has 0 amide bonds. The first-order chi connectivity index (χ1) is 9.86. The SMILES string of the molecule is COc1cc(C)c([S+](=O)(O)Cc2cccnc2)c(C)c1C. The lowest BCUT2D eigenvalue weighted by Gasteiger charge is -2.15. The van der Waals surface area contributed by atoms with Crippen molar-refractivity contribution < 1.29 is 13.5 Å². The van der Waals surface area contributed by atoms with Crippen LogP contribution in [0.2, 0.25) is 0 Å². The number of aromatic nitrogens is 1. The zero-order valence-corrected chi connectivity index (χ0v) is 13.5. The van der Waals surface area contributed by atoms with Crippen LogP contribution in [0, 0.1) is 20.8 Å². The van der Waals surface area contributed by atoms with Crippen LogP contribution in [0.3, 0.4) is 0 Å². The standard InChI is InChI=1S/C16H19NO3S/c1-11-8-15(20-4)12(2)13(3)16(11)21(18,19)10-14-6-5-7-17-9-14/h5-9H,10H2,1-4H3/p+1. The molecule has 1 N–H and O–H groups in total. The molecule has 0 aliphatic heterocycles. The van der Waals surface area contributed by atoms with Gasteiger partial charge in [0, 0.05) is 29.1 Å². The molecule has 0 saturated heterocycles. The van der Waals surface area contributed by atoms with E-state index in [2.05, 4.69) is 4.98 Å². The summed E-state index contributed by atoms with van der Waals surface area (Å²) in [6, 6.07) is 5.39. The molecule has 1 heterocycles. The molecule has 0 radical (unpaired) electrons. The van der Waals surface area contributed by atoms with Crippen molar-refractivity contribution in [2.24, 2.45) is 0 Å². The van der Waals surface area contributed by atoms with Gasteiger partial charge in [0.05, 0.1) is 7.11 Å². The third-order valence-electron chi connectivity index (χ3n) is 3.60. The van der Waals surface area contributed by atoms with Gasteiger partial charge >= 0.3 is 0 Å². The number of methoxy groups -OCH3 is 1. The Balaban J connectivity index is 2.50. The van der Waals surface area contributed by atoms with Crippen molar-refractivity contribution >= 4 is 10.2 Å². The molecule has 0 fully saturated rings. The fourth-order valence-corrected chi connectivity index (χ4v) is 4.47. The second-order valence-corrected chi connectivity index (χ2v) is 7.10. The van der Waals surface area contributed by atoms with Crippen molar-refractivity contribution in [1.82, 2.24) is 4.98 Å². The van der Waals surface area contributed by atoms with Crippen molar-refractivity contribution in [1.29, 1.82) is 0 Å². The molecule has 1 atom stereocenters. The number of aryl methyl sites for hydroxylation is 1. The Labute approximate surface area is 126 Å². The third kappa shape index (κ3) is 3.14. The zero-order chi connectivity index (χ0) is 15.6. The molecule has 5 heteroatoms. The summed E-state index contributed by atoms with van der Waals surface area (Å²) in [5.74, 6) is 0.805. The van der Waals surface area contributed by atoms with Crippen LogP contribution in [0.1, 0.15) is 22.3 Å².